The van der Waals surface area contributed by atoms with Gasteiger partial charge < -0.3 is 24.1 Å². The summed E-state index contributed by atoms with van der Waals surface area (Å²) in [6.45, 7) is 4.46. The maximum atomic E-state index is 13.6. The average molecular weight is 572 g/mol. The van der Waals surface area contributed by atoms with Gasteiger partial charge in [0, 0.05) is 11.8 Å². The highest BCUT2D eigenvalue weighted by Crippen LogP contribution is 2.48. The van der Waals surface area contributed by atoms with Crippen LogP contribution in [0.2, 0.25) is 10.0 Å². The molecule has 0 bridgehead atoms. The first-order valence-electron chi connectivity index (χ1n) is 12.1. The molecule has 1 unspecified atom stereocenters. The summed E-state index contributed by atoms with van der Waals surface area (Å²) in [6.07, 6.45) is 0. The smallest absolute Gasteiger partial charge is 0.300 e. The van der Waals surface area contributed by atoms with Crippen molar-refractivity contribution in [3.05, 3.63) is 81.3 Å². The molecule has 1 amide bonds. The molecular formula is C29H27Cl2NO7. The van der Waals surface area contributed by atoms with E-state index in [4.69, 9.17) is 42.1 Å². The molecule has 1 saturated heterocycles. The molecule has 1 aliphatic heterocycles. The van der Waals surface area contributed by atoms with Gasteiger partial charge in [-0.15, -0.1) is 0 Å². The number of anilines is 1. The number of hydrogen-bond acceptors (Lipinski definition) is 7. The Kier molecular flexibility index (Phi) is 8.57. The van der Waals surface area contributed by atoms with E-state index in [1.807, 2.05) is 19.9 Å². The van der Waals surface area contributed by atoms with Crippen LogP contribution in [0.4, 0.5) is 5.69 Å². The zero-order valence-corrected chi connectivity index (χ0v) is 23.3. The summed E-state index contributed by atoms with van der Waals surface area (Å²) in [5, 5.41) is 11.7. The Morgan fingerprint density at radius 1 is 0.897 bits per heavy atom. The molecule has 39 heavy (non-hydrogen) atoms. The molecule has 0 aromatic heterocycles. The number of hydrogen-bond donors (Lipinski definition) is 1. The zero-order chi connectivity index (χ0) is 28.3. The third kappa shape index (κ3) is 5.10. The number of ether oxygens (including phenoxy) is 4. The number of halogens is 2. The van der Waals surface area contributed by atoms with E-state index in [1.165, 1.54) is 25.2 Å². The third-order valence-electron chi connectivity index (χ3n) is 6.16. The number of nitrogens with zero attached hydrogens (tertiary/aromatic N) is 1. The van der Waals surface area contributed by atoms with Gasteiger partial charge in [0.25, 0.3) is 11.7 Å². The normalized spacial score (nSPS) is 16.4. The first-order valence-corrected chi connectivity index (χ1v) is 12.9. The largest absolute Gasteiger partial charge is 0.507 e. The highest BCUT2D eigenvalue weighted by atomic mass is 35.5. The number of carbonyl (C=O) groups is 2. The molecule has 0 saturated carbocycles. The number of rotatable bonds is 9. The van der Waals surface area contributed by atoms with Gasteiger partial charge in [-0.05, 0) is 37.6 Å². The van der Waals surface area contributed by atoms with Crippen molar-refractivity contribution in [2.45, 2.75) is 19.9 Å². The van der Waals surface area contributed by atoms with Crippen molar-refractivity contribution >= 4 is 46.3 Å². The number of aliphatic hydroxyl groups is 1. The lowest BCUT2D eigenvalue weighted by Gasteiger charge is -2.26. The van der Waals surface area contributed by atoms with Gasteiger partial charge in [0.1, 0.15) is 10.8 Å². The van der Waals surface area contributed by atoms with Gasteiger partial charge in [0.05, 0.1) is 49.6 Å². The van der Waals surface area contributed by atoms with E-state index >= 15 is 0 Å². The van der Waals surface area contributed by atoms with Crippen molar-refractivity contribution in [3.8, 4) is 23.0 Å². The Labute approximate surface area is 236 Å². The molecule has 3 aromatic rings. The van der Waals surface area contributed by atoms with E-state index in [2.05, 4.69) is 0 Å². The van der Waals surface area contributed by atoms with Crippen LogP contribution < -0.4 is 23.8 Å². The van der Waals surface area contributed by atoms with Gasteiger partial charge in [0.15, 0.2) is 23.0 Å². The van der Waals surface area contributed by atoms with Crippen molar-refractivity contribution in [1.29, 1.82) is 0 Å². The molecule has 1 aliphatic rings. The average Bonchev–Trinajstić information content (AvgIpc) is 3.20. The molecule has 0 aliphatic carbocycles. The van der Waals surface area contributed by atoms with Crippen LogP contribution in [-0.2, 0) is 9.59 Å². The van der Waals surface area contributed by atoms with Crippen molar-refractivity contribution in [3.63, 3.8) is 0 Å². The van der Waals surface area contributed by atoms with Crippen LogP contribution in [0.5, 0.6) is 23.0 Å². The Morgan fingerprint density at radius 3 is 2.15 bits per heavy atom. The van der Waals surface area contributed by atoms with Crippen LogP contribution in [0, 0.1) is 0 Å². The Balaban J connectivity index is 1.97. The van der Waals surface area contributed by atoms with E-state index in [0.717, 1.165) is 0 Å². The Morgan fingerprint density at radius 2 is 1.54 bits per heavy atom. The van der Waals surface area contributed by atoms with Crippen LogP contribution in [0.3, 0.4) is 0 Å². The lowest BCUT2D eigenvalue weighted by atomic mass is 9.94. The number of amides is 1. The van der Waals surface area contributed by atoms with Crippen molar-refractivity contribution in [2.75, 3.05) is 32.3 Å². The molecule has 0 radical (unpaired) electrons. The Bertz CT molecular complexity index is 1440. The van der Waals surface area contributed by atoms with E-state index in [9.17, 15) is 14.7 Å². The van der Waals surface area contributed by atoms with Crippen LogP contribution in [0.25, 0.3) is 5.76 Å². The highest BCUT2D eigenvalue weighted by molar-refractivity contribution is 6.52. The van der Waals surface area contributed by atoms with Gasteiger partial charge in [0.2, 0.25) is 0 Å². The minimum Gasteiger partial charge on any atom is -0.507 e. The topological polar surface area (TPSA) is 94.5 Å². The second kappa shape index (κ2) is 11.9. The second-order valence-corrected chi connectivity index (χ2v) is 9.15. The number of benzene rings is 3. The van der Waals surface area contributed by atoms with Gasteiger partial charge in [-0.25, -0.2) is 0 Å². The second-order valence-electron chi connectivity index (χ2n) is 8.36. The highest BCUT2D eigenvalue weighted by Gasteiger charge is 2.47. The minimum atomic E-state index is -0.983. The molecule has 1 heterocycles. The fourth-order valence-corrected chi connectivity index (χ4v) is 5.22. The predicted octanol–water partition coefficient (Wildman–Crippen LogP) is 6.43. The predicted molar refractivity (Wildman–Crippen MR) is 150 cm³/mol. The summed E-state index contributed by atoms with van der Waals surface area (Å²) >= 11 is 12.8. The van der Waals surface area contributed by atoms with E-state index in [1.54, 1.807) is 42.5 Å². The minimum absolute atomic E-state index is 0.00686. The zero-order valence-electron chi connectivity index (χ0n) is 21.8. The summed E-state index contributed by atoms with van der Waals surface area (Å²) in [7, 11) is 2.74. The molecule has 1 atom stereocenters. The number of methoxy groups -OCH3 is 2. The molecule has 4 rings (SSSR count). The molecule has 0 spiro atoms. The van der Waals surface area contributed by atoms with Gasteiger partial charge >= 0.3 is 0 Å². The SMILES string of the molecule is CCOc1ccc(N2C(=O)C(=O)/C(=C(/O)c3cc(Cl)c(OC)c(Cl)c3OC)C2c2ccccc2)cc1OCC. The maximum Gasteiger partial charge on any atom is 0.300 e. The maximum absolute atomic E-state index is 13.6. The van der Waals surface area contributed by atoms with Gasteiger partial charge in [-0.3, -0.25) is 14.5 Å². The first kappa shape index (κ1) is 28.1. The molecule has 1 fully saturated rings. The molecule has 204 valence electrons. The third-order valence-corrected chi connectivity index (χ3v) is 6.78. The molecule has 1 N–H and O–H groups in total. The number of ketones is 1. The summed E-state index contributed by atoms with van der Waals surface area (Å²) in [6, 6.07) is 14.3. The van der Waals surface area contributed by atoms with Crippen LogP contribution in [0.1, 0.15) is 31.0 Å². The first-order chi connectivity index (χ1) is 18.8. The quantitative estimate of drug-likeness (QED) is 0.179. The van der Waals surface area contributed by atoms with Crippen molar-refractivity contribution < 1.29 is 33.6 Å². The standard InChI is InChI=1S/C29H27Cl2NO7/c1-5-38-20-13-12-17(14-21(20)39-6-2)32-24(16-10-8-7-9-11-16)22(26(34)29(32)35)25(33)18-15-19(30)28(37-4)23(31)27(18)36-3/h7-15,24,33H,5-6H2,1-4H3/b25-22+. The van der Waals surface area contributed by atoms with Crippen molar-refractivity contribution in [2.24, 2.45) is 0 Å². The molecule has 3 aromatic carbocycles. The van der Waals surface area contributed by atoms with Crippen LogP contribution >= 0.6 is 23.2 Å². The molecule has 8 nitrogen and oxygen atoms in total. The van der Waals surface area contributed by atoms with Crippen LogP contribution in [-0.4, -0.2) is 44.2 Å². The molecule has 10 heteroatoms. The fraction of sp³-hybridized carbons (Fsp3) is 0.241. The van der Waals surface area contributed by atoms with E-state index in [-0.39, 0.29) is 32.7 Å². The summed E-state index contributed by atoms with van der Waals surface area (Å²) in [4.78, 5) is 28.4. The number of Topliss-reactive ketones (excluding diaryl/α,β-unsaturated/α-hetero) is 1. The summed E-state index contributed by atoms with van der Waals surface area (Å²) in [5.41, 5.74) is 0.854. The van der Waals surface area contributed by atoms with E-state index in [0.29, 0.717) is 36.0 Å². The molecular weight excluding hydrogens is 545 g/mol. The van der Waals surface area contributed by atoms with Gasteiger partial charge in [-0.2, -0.15) is 0 Å². The monoisotopic (exact) mass is 571 g/mol. The van der Waals surface area contributed by atoms with E-state index < -0.39 is 23.5 Å². The Hall–Kier alpha value is -3.88. The van der Waals surface area contributed by atoms with Crippen molar-refractivity contribution in [1.82, 2.24) is 0 Å². The summed E-state index contributed by atoms with van der Waals surface area (Å²) < 4.78 is 22.1. The number of aliphatic hydroxyl groups excluding tert-OH is 1. The number of carbonyl (C=O) groups excluding carboxylic acids is 2. The summed E-state index contributed by atoms with van der Waals surface area (Å²) in [5.74, 6) is -1.12. The lowest BCUT2D eigenvalue weighted by Crippen LogP contribution is -2.29. The lowest BCUT2D eigenvalue weighted by molar-refractivity contribution is -0.132. The fourth-order valence-electron chi connectivity index (χ4n) is 4.53. The van der Waals surface area contributed by atoms with Crippen LogP contribution in [0.15, 0.2) is 60.2 Å². The van der Waals surface area contributed by atoms with Gasteiger partial charge in [-0.1, -0.05) is 53.5 Å².